The summed E-state index contributed by atoms with van der Waals surface area (Å²) >= 11 is 1.63. The molecule has 0 fully saturated rings. The number of nitrogens with zero attached hydrogens (tertiary/aromatic N) is 2. The summed E-state index contributed by atoms with van der Waals surface area (Å²) in [4.78, 5) is 19.1. The number of thiophene rings is 1. The van der Waals surface area contributed by atoms with Crippen LogP contribution >= 0.6 is 11.3 Å². The van der Waals surface area contributed by atoms with Crippen molar-refractivity contribution < 1.29 is 9.90 Å². The molecule has 0 saturated heterocycles. The van der Waals surface area contributed by atoms with Crippen molar-refractivity contribution in [3.63, 3.8) is 0 Å². The van der Waals surface area contributed by atoms with E-state index < -0.39 is 5.97 Å². The van der Waals surface area contributed by atoms with Crippen LogP contribution in [0.2, 0.25) is 0 Å². The largest absolute Gasteiger partial charge is 0.477 e. The molecule has 0 spiro atoms. The number of carboxylic acid groups (broad SMARTS) is 1. The van der Waals surface area contributed by atoms with Crippen molar-refractivity contribution in [2.45, 2.75) is 20.4 Å². The molecule has 2 aromatic heterocycles. The Morgan fingerprint density at radius 2 is 2.22 bits per heavy atom. The number of nitrogens with one attached hydrogen (secondary N) is 1. The lowest BCUT2D eigenvalue weighted by Gasteiger charge is -2.08. The molecule has 2 aromatic rings. The van der Waals surface area contributed by atoms with Crippen LogP contribution in [0.25, 0.3) is 0 Å². The Labute approximate surface area is 109 Å². The minimum Gasteiger partial charge on any atom is -0.477 e. The predicted molar refractivity (Wildman–Crippen MR) is 70.1 cm³/mol. The van der Waals surface area contributed by atoms with Crippen molar-refractivity contribution >= 4 is 23.1 Å². The molecule has 0 bridgehead atoms. The van der Waals surface area contributed by atoms with E-state index >= 15 is 0 Å². The maximum absolute atomic E-state index is 11.0. The van der Waals surface area contributed by atoms with Crippen molar-refractivity contribution in [2.24, 2.45) is 0 Å². The molecule has 0 aliphatic heterocycles. The van der Waals surface area contributed by atoms with Crippen LogP contribution in [-0.4, -0.2) is 21.0 Å². The molecular weight excluding hydrogens is 250 g/mol. The van der Waals surface area contributed by atoms with Crippen molar-refractivity contribution in [2.75, 3.05) is 5.32 Å². The highest BCUT2D eigenvalue weighted by Crippen LogP contribution is 2.17. The number of carboxylic acids is 1. The van der Waals surface area contributed by atoms with Gasteiger partial charge >= 0.3 is 5.97 Å². The average Bonchev–Trinajstić information content (AvgIpc) is 2.72. The zero-order valence-corrected chi connectivity index (χ0v) is 10.9. The Bertz CT molecular complexity index is 580. The van der Waals surface area contributed by atoms with E-state index in [1.54, 1.807) is 18.3 Å². The summed E-state index contributed by atoms with van der Waals surface area (Å²) in [6, 6.07) is 0. The van der Waals surface area contributed by atoms with E-state index in [4.69, 9.17) is 5.11 Å². The van der Waals surface area contributed by atoms with Crippen LogP contribution in [0, 0.1) is 13.8 Å². The van der Waals surface area contributed by atoms with Gasteiger partial charge < -0.3 is 10.4 Å². The van der Waals surface area contributed by atoms with Gasteiger partial charge in [-0.3, -0.25) is 0 Å². The molecule has 0 saturated carbocycles. The molecule has 0 unspecified atom stereocenters. The third-order valence-corrected chi connectivity index (χ3v) is 3.46. The third-order valence-electron chi connectivity index (χ3n) is 2.55. The quantitative estimate of drug-likeness (QED) is 0.886. The normalized spacial score (nSPS) is 10.3. The highest BCUT2D eigenvalue weighted by atomic mass is 32.1. The fourth-order valence-corrected chi connectivity index (χ4v) is 2.37. The number of aromatic carboxylic acids is 1. The van der Waals surface area contributed by atoms with Gasteiger partial charge in [0.25, 0.3) is 0 Å². The van der Waals surface area contributed by atoms with E-state index in [2.05, 4.69) is 20.7 Å². The Kier molecular flexibility index (Phi) is 3.57. The minimum atomic E-state index is -1.03. The minimum absolute atomic E-state index is 0.0912. The summed E-state index contributed by atoms with van der Waals surface area (Å²) in [7, 11) is 0. The number of hydrogen-bond acceptors (Lipinski definition) is 5. The zero-order chi connectivity index (χ0) is 13.1. The Hall–Kier alpha value is -1.95. The molecule has 0 atom stereocenters. The molecule has 0 aliphatic rings. The lowest BCUT2D eigenvalue weighted by atomic mass is 10.2. The maximum atomic E-state index is 11.0. The van der Waals surface area contributed by atoms with Gasteiger partial charge in [-0.1, -0.05) is 0 Å². The molecule has 6 heteroatoms. The topological polar surface area (TPSA) is 75.1 Å². The molecular formula is C12H13N3O2S. The molecule has 94 valence electrons. The van der Waals surface area contributed by atoms with E-state index in [0.29, 0.717) is 18.2 Å². The van der Waals surface area contributed by atoms with Crippen molar-refractivity contribution in [1.82, 2.24) is 9.97 Å². The summed E-state index contributed by atoms with van der Waals surface area (Å²) in [6.07, 6.45) is 1.33. The summed E-state index contributed by atoms with van der Waals surface area (Å²) in [5.74, 6) is -0.121. The van der Waals surface area contributed by atoms with Gasteiger partial charge in [0, 0.05) is 12.7 Å². The second-order valence-corrected chi connectivity index (χ2v) is 4.66. The lowest BCUT2D eigenvalue weighted by molar-refractivity contribution is 0.0697. The van der Waals surface area contributed by atoms with E-state index in [1.165, 1.54) is 11.8 Å². The van der Waals surface area contributed by atoms with Crippen molar-refractivity contribution in [3.8, 4) is 0 Å². The second-order valence-electron chi connectivity index (χ2n) is 3.92. The van der Waals surface area contributed by atoms with Gasteiger partial charge in [-0.05, 0) is 35.7 Å². The van der Waals surface area contributed by atoms with E-state index in [9.17, 15) is 4.79 Å². The number of aromatic nitrogens is 2. The third kappa shape index (κ3) is 2.65. The summed E-state index contributed by atoms with van der Waals surface area (Å²) in [5, 5.41) is 16.2. The van der Waals surface area contributed by atoms with Crippen LogP contribution in [0.15, 0.2) is 17.0 Å². The molecule has 2 N–H and O–H groups in total. The van der Waals surface area contributed by atoms with Crippen molar-refractivity contribution in [1.29, 1.82) is 0 Å². The summed E-state index contributed by atoms with van der Waals surface area (Å²) in [5.41, 5.74) is 2.43. The van der Waals surface area contributed by atoms with Gasteiger partial charge in [0.05, 0.1) is 0 Å². The van der Waals surface area contributed by atoms with Crippen molar-refractivity contribution in [3.05, 3.63) is 39.5 Å². The molecule has 0 amide bonds. The van der Waals surface area contributed by atoms with Gasteiger partial charge in [-0.25, -0.2) is 14.8 Å². The highest BCUT2D eigenvalue weighted by molar-refractivity contribution is 7.08. The number of aryl methyl sites for hydroxylation is 2. The van der Waals surface area contributed by atoms with E-state index in [-0.39, 0.29) is 5.56 Å². The van der Waals surface area contributed by atoms with Crippen LogP contribution in [0.4, 0.5) is 5.82 Å². The fraction of sp³-hybridized carbons (Fsp3) is 0.250. The van der Waals surface area contributed by atoms with Gasteiger partial charge in [0.1, 0.15) is 17.2 Å². The first-order valence-electron chi connectivity index (χ1n) is 5.40. The fourth-order valence-electron chi connectivity index (χ4n) is 1.51. The van der Waals surface area contributed by atoms with Crippen LogP contribution in [-0.2, 0) is 6.54 Å². The zero-order valence-electron chi connectivity index (χ0n) is 10.1. The molecule has 5 nitrogen and oxygen atoms in total. The first kappa shape index (κ1) is 12.5. The Morgan fingerprint density at radius 3 is 2.83 bits per heavy atom. The van der Waals surface area contributed by atoms with Crippen LogP contribution < -0.4 is 5.32 Å². The molecule has 2 rings (SSSR count). The van der Waals surface area contributed by atoms with Crippen LogP contribution in [0.3, 0.4) is 0 Å². The predicted octanol–water partition coefficient (Wildman–Crippen LogP) is 2.47. The van der Waals surface area contributed by atoms with Gasteiger partial charge in [-0.15, -0.1) is 0 Å². The number of hydrogen-bond donors (Lipinski definition) is 2. The molecule has 0 aliphatic carbocycles. The summed E-state index contributed by atoms with van der Waals surface area (Å²) in [6.45, 7) is 4.32. The lowest BCUT2D eigenvalue weighted by Crippen LogP contribution is -2.10. The van der Waals surface area contributed by atoms with Gasteiger partial charge in [0.2, 0.25) is 0 Å². The monoisotopic (exact) mass is 263 g/mol. The first-order chi connectivity index (χ1) is 8.58. The standard InChI is InChI=1S/C12H13N3O2S/c1-7-5-18-6-9(7)3-14-11-10(12(16)17)4-13-8(2)15-11/h4-6H,3H2,1-2H3,(H,16,17)(H,13,14,15). The first-order valence-corrected chi connectivity index (χ1v) is 6.34. The van der Waals surface area contributed by atoms with E-state index in [1.807, 2.05) is 12.3 Å². The second kappa shape index (κ2) is 5.14. The Morgan fingerprint density at radius 1 is 1.44 bits per heavy atom. The van der Waals surface area contributed by atoms with Crippen LogP contribution in [0.1, 0.15) is 27.3 Å². The van der Waals surface area contributed by atoms with Gasteiger partial charge in [0.15, 0.2) is 0 Å². The van der Waals surface area contributed by atoms with Gasteiger partial charge in [-0.2, -0.15) is 11.3 Å². The number of carbonyl (C=O) groups is 1. The molecule has 0 radical (unpaired) electrons. The van der Waals surface area contributed by atoms with Crippen LogP contribution in [0.5, 0.6) is 0 Å². The molecule has 2 heterocycles. The number of anilines is 1. The molecule has 0 aromatic carbocycles. The highest BCUT2D eigenvalue weighted by Gasteiger charge is 2.12. The smallest absolute Gasteiger partial charge is 0.341 e. The summed E-state index contributed by atoms with van der Waals surface area (Å²) < 4.78 is 0. The number of rotatable bonds is 4. The van der Waals surface area contributed by atoms with E-state index in [0.717, 1.165) is 5.56 Å². The average molecular weight is 263 g/mol. The maximum Gasteiger partial charge on any atom is 0.341 e. The Balaban J connectivity index is 2.20. The molecule has 18 heavy (non-hydrogen) atoms. The SMILES string of the molecule is Cc1ncc(C(=O)O)c(NCc2cscc2C)n1.